The second kappa shape index (κ2) is 10.9. The molecule has 2 amide bonds. The summed E-state index contributed by atoms with van der Waals surface area (Å²) >= 11 is 0. The first-order valence-electron chi connectivity index (χ1n) is 7.80. The van der Waals surface area contributed by atoms with Crippen LogP contribution in [-0.2, 0) is 9.59 Å². The molecule has 1 atom stereocenters. The van der Waals surface area contributed by atoms with Crippen LogP contribution >= 0.6 is 12.4 Å². The molecule has 0 saturated heterocycles. The summed E-state index contributed by atoms with van der Waals surface area (Å²) in [4.78, 5) is 23.6. The van der Waals surface area contributed by atoms with Gasteiger partial charge in [-0.1, -0.05) is 32.0 Å². The van der Waals surface area contributed by atoms with Crippen LogP contribution in [0.15, 0.2) is 30.3 Å². The number of hydrogen-bond acceptors (Lipinski definition) is 4. The van der Waals surface area contributed by atoms with E-state index in [2.05, 4.69) is 24.5 Å². The molecule has 0 aliphatic rings. The lowest BCUT2D eigenvalue weighted by Crippen LogP contribution is -2.54. The predicted octanol–water partition coefficient (Wildman–Crippen LogP) is 1.48. The number of halogens is 1. The van der Waals surface area contributed by atoms with E-state index in [-0.39, 0.29) is 37.4 Å². The van der Waals surface area contributed by atoms with Gasteiger partial charge in [0.1, 0.15) is 5.75 Å². The Morgan fingerprint density at radius 2 is 1.83 bits per heavy atom. The summed E-state index contributed by atoms with van der Waals surface area (Å²) in [5.41, 5.74) is 5.29. The number of amides is 2. The SMILES string of the molecule is CC(C)CC(C)(CN)NC(=O)CNC(=O)COc1ccccc1.Cl. The number of nitrogens with one attached hydrogen (secondary N) is 2. The molecule has 1 unspecified atom stereocenters. The van der Waals surface area contributed by atoms with Gasteiger partial charge in [0.25, 0.3) is 5.91 Å². The normalized spacial score (nSPS) is 12.7. The van der Waals surface area contributed by atoms with Crippen molar-refractivity contribution in [2.24, 2.45) is 11.7 Å². The van der Waals surface area contributed by atoms with Crippen LogP contribution in [0.5, 0.6) is 5.75 Å². The maximum Gasteiger partial charge on any atom is 0.258 e. The Kier molecular flexibility index (Phi) is 10.1. The summed E-state index contributed by atoms with van der Waals surface area (Å²) in [6.07, 6.45) is 0.778. The highest BCUT2D eigenvalue weighted by Crippen LogP contribution is 2.14. The molecule has 6 nitrogen and oxygen atoms in total. The third-order valence-corrected chi connectivity index (χ3v) is 3.31. The summed E-state index contributed by atoms with van der Waals surface area (Å²) in [5.74, 6) is 0.423. The lowest BCUT2D eigenvalue weighted by atomic mass is 9.91. The third kappa shape index (κ3) is 8.74. The van der Waals surface area contributed by atoms with Gasteiger partial charge in [0, 0.05) is 12.1 Å². The number of nitrogens with two attached hydrogens (primary N) is 1. The Morgan fingerprint density at radius 3 is 2.38 bits per heavy atom. The average Bonchev–Trinajstić information content (AvgIpc) is 2.51. The molecule has 24 heavy (non-hydrogen) atoms. The van der Waals surface area contributed by atoms with Crippen LogP contribution in [0.2, 0.25) is 0 Å². The van der Waals surface area contributed by atoms with Crippen molar-refractivity contribution in [1.82, 2.24) is 10.6 Å². The van der Waals surface area contributed by atoms with Crippen LogP contribution in [0, 0.1) is 5.92 Å². The molecule has 0 aliphatic heterocycles. The van der Waals surface area contributed by atoms with Crippen LogP contribution in [0.1, 0.15) is 27.2 Å². The first kappa shape index (κ1) is 22.2. The summed E-state index contributed by atoms with van der Waals surface area (Å²) in [6.45, 7) is 6.18. The van der Waals surface area contributed by atoms with Gasteiger partial charge in [0.15, 0.2) is 6.61 Å². The van der Waals surface area contributed by atoms with E-state index in [1.165, 1.54) is 0 Å². The molecule has 4 N–H and O–H groups in total. The monoisotopic (exact) mass is 357 g/mol. The number of carbonyl (C=O) groups excluding carboxylic acids is 2. The zero-order valence-corrected chi connectivity index (χ0v) is 15.3. The van der Waals surface area contributed by atoms with Gasteiger partial charge in [0.2, 0.25) is 5.91 Å². The molecule has 1 aromatic carbocycles. The van der Waals surface area contributed by atoms with Gasteiger partial charge in [-0.15, -0.1) is 12.4 Å². The first-order valence-corrected chi connectivity index (χ1v) is 7.80. The van der Waals surface area contributed by atoms with Gasteiger partial charge >= 0.3 is 0 Å². The van der Waals surface area contributed by atoms with E-state index in [1.807, 2.05) is 25.1 Å². The fourth-order valence-corrected chi connectivity index (χ4v) is 2.36. The van der Waals surface area contributed by atoms with E-state index in [1.54, 1.807) is 12.1 Å². The van der Waals surface area contributed by atoms with E-state index in [0.29, 0.717) is 18.2 Å². The smallest absolute Gasteiger partial charge is 0.258 e. The third-order valence-electron chi connectivity index (χ3n) is 3.31. The van der Waals surface area contributed by atoms with Crippen molar-refractivity contribution >= 4 is 24.2 Å². The van der Waals surface area contributed by atoms with E-state index in [4.69, 9.17) is 10.5 Å². The molecule has 0 bridgehead atoms. The Balaban J connectivity index is 0.00000529. The highest BCUT2D eigenvalue weighted by atomic mass is 35.5. The minimum absolute atomic E-state index is 0. The van der Waals surface area contributed by atoms with Gasteiger partial charge in [-0.05, 0) is 31.4 Å². The number of hydrogen-bond donors (Lipinski definition) is 3. The fourth-order valence-electron chi connectivity index (χ4n) is 2.36. The molecule has 0 heterocycles. The van der Waals surface area contributed by atoms with Gasteiger partial charge in [-0.3, -0.25) is 9.59 Å². The van der Waals surface area contributed by atoms with Crippen LogP contribution in [0.25, 0.3) is 0 Å². The lowest BCUT2D eigenvalue weighted by Gasteiger charge is -2.31. The van der Waals surface area contributed by atoms with Gasteiger partial charge in [-0.25, -0.2) is 0 Å². The molecule has 0 aliphatic carbocycles. The fraction of sp³-hybridized carbons (Fsp3) is 0.529. The standard InChI is InChI=1S/C17H27N3O3.ClH/c1-13(2)9-17(3,12-18)20-15(21)10-19-16(22)11-23-14-7-5-4-6-8-14;/h4-8,13H,9-12,18H2,1-3H3,(H,19,22)(H,20,21);1H. The highest BCUT2D eigenvalue weighted by Gasteiger charge is 2.25. The number of benzene rings is 1. The zero-order chi connectivity index (χ0) is 17.3. The second-order valence-corrected chi connectivity index (χ2v) is 6.29. The summed E-state index contributed by atoms with van der Waals surface area (Å²) < 4.78 is 5.31. The molecule has 7 heteroatoms. The van der Waals surface area contributed by atoms with Gasteiger partial charge < -0.3 is 21.1 Å². The molecule has 0 radical (unpaired) electrons. The first-order chi connectivity index (χ1) is 10.8. The Bertz CT molecular complexity index is 511. The maximum atomic E-state index is 12.0. The van der Waals surface area contributed by atoms with Gasteiger partial charge in [0.05, 0.1) is 6.54 Å². The number of para-hydroxylation sites is 1. The minimum Gasteiger partial charge on any atom is -0.484 e. The van der Waals surface area contributed by atoms with Gasteiger partial charge in [-0.2, -0.15) is 0 Å². The summed E-state index contributed by atoms with van der Waals surface area (Å²) in [6, 6.07) is 9.03. The van der Waals surface area contributed by atoms with Crippen molar-refractivity contribution in [3.8, 4) is 5.75 Å². The highest BCUT2D eigenvalue weighted by molar-refractivity contribution is 5.86. The quantitative estimate of drug-likeness (QED) is 0.624. The Hall–Kier alpha value is -1.79. The topological polar surface area (TPSA) is 93.5 Å². The van der Waals surface area contributed by atoms with Crippen molar-refractivity contribution in [1.29, 1.82) is 0 Å². The van der Waals surface area contributed by atoms with Crippen LogP contribution in [-0.4, -0.2) is 37.0 Å². The zero-order valence-electron chi connectivity index (χ0n) is 14.5. The number of ether oxygens (including phenoxy) is 1. The Labute approximate surface area is 149 Å². The number of carbonyl (C=O) groups is 2. The minimum atomic E-state index is -0.462. The molecule has 1 rings (SSSR count). The lowest BCUT2D eigenvalue weighted by molar-refractivity contribution is -0.128. The van der Waals surface area contributed by atoms with E-state index in [9.17, 15) is 9.59 Å². The van der Waals surface area contributed by atoms with Crippen LogP contribution in [0.4, 0.5) is 0 Å². The Morgan fingerprint density at radius 1 is 1.21 bits per heavy atom. The summed E-state index contributed by atoms with van der Waals surface area (Å²) in [7, 11) is 0. The molecule has 0 aromatic heterocycles. The van der Waals surface area contributed by atoms with Crippen molar-refractivity contribution < 1.29 is 14.3 Å². The van der Waals surface area contributed by atoms with Crippen LogP contribution in [0.3, 0.4) is 0 Å². The molecular formula is C17H28ClN3O3. The number of rotatable bonds is 9. The van der Waals surface area contributed by atoms with Crippen LogP contribution < -0.4 is 21.1 Å². The second-order valence-electron chi connectivity index (χ2n) is 6.29. The molecule has 1 aromatic rings. The molecule has 136 valence electrons. The predicted molar refractivity (Wildman–Crippen MR) is 97.3 cm³/mol. The van der Waals surface area contributed by atoms with E-state index < -0.39 is 5.54 Å². The van der Waals surface area contributed by atoms with Crippen molar-refractivity contribution in [2.75, 3.05) is 19.7 Å². The molecule has 0 saturated carbocycles. The van der Waals surface area contributed by atoms with E-state index in [0.717, 1.165) is 6.42 Å². The molecule has 0 spiro atoms. The van der Waals surface area contributed by atoms with E-state index >= 15 is 0 Å². The maximum absolute atomic E-state index is 12.0. The summed E-state index contributed by atoms with van der Waals surface area (Å²) in [5, 5.41) is 5.42. The van der Waals surface area contributed by atoms with Crippen molar-refractivity contribution in [3.63, 3.8) is 0 Å². The average molecular weight is 358 g/mol. The van der Waals surface area contributed by atoms with Crippen molar-refractivity contribution in [3.05, 3.63) is 30.3 Å². The largest absolute Gasteiger partial charge is 0.484 e. The molecule has 0 fully saturated rings. The molecular weight excluding hydrogens is 330 g/mol. The van der Waals surface area contributed by atoms with Crippen molar-refractivity contribution in [2.45, 2.75) is 32.7 Å².